The Hall–Kier alpha value is -1.81. The topological polar surface area (TPSA) is 89.5 Å². The molecule has 0 amide bonds. The maximum Gasteiger partial charge on any atom is 0.243 e. The Labute approximate surface area is 169 Å². The number of ketones is 1. The first kappa shape index (κ1) is 20.9. The van der Waals surface area contributed by atoms with Gasteiger partial charge >= 0.3 is 0 Å². The predicted octanol–water partition coefficient (Wildman–Crippen LogP) is 2.40. The summed E-state index contributed by atoms with van der Waals surface area (Å²) in [5.41, 5.74) is 3.32. The highest BCUT2D eigenvalue weighted by Gasteiger charge is 2.26. The van der Waals surface area contributed by atoms with Crippen molar-refractivity contribution in [3.63, 3.8) is 0 Å². The molecule has 0 aliphatic carbocycles. The normalized spacial score (nSPS) is 15.5. The number of sulfonamides is 1. The highest BCUT2D eigenvalue weighted by atomic mass is 32.2. The number of carbonyl (C=O) groups is 1. The lowest BCUT2D eigenvalue weighted by Gasteiger charge is -2.26. The molecule has 0 bridgehead atoms. The number of nitrogens with zero attached hydrogens (tertiary/aromatic N) is 3. The first-order valence-electron chi connectivity index (χ1n) is 8.95. The van der Waals surface area contributed by atoms with Gasteiger partial charge < -0.3 is 4.74 Å². The summed E-state index contributed by atoms with van der Waals surface area (Å²) in [7, 11) is -3.56. The lowest BCUT2D eigenvalue weighted by Crippen LogP contribution is -2.40. The SMILES string of the molecule is Cc1nc(SCC(=O)c2ccc(S(=O)(=O)N3CCOCC3)cc2)nc(C)c1C. The van der Waals surface area contributed by atoms with Gasteiger partial charge in [0, 0.05) is 30.0 Å². The van der Waals surface area contributed by atoms with Gasteiger partial charge in [-0.25, -0.2) is 18.4 Å². The van der Waals surface area contributed by atoms with Crippen LogP contribution in [0.5, 0.6) is 0 Å². The largest absolute Gasteiger partial charge is 0.379 e. The molecule has 1 aromatic carbocycles. The zero-order chi connectivity index (χ0) is 20.3. The quantitative estimate of drug-likeness (QED) is 0.402. The number of hydrogen-bond donors (Lipinski definition) is 0. The molecule has 0 saturated carbocycles. The van der Waals surface area contributed by atoms with Gasteiger partial charge in [0.25, 0.3) is 0 Å². The van der Waals surface area contributed by atoms with Gasteiger partial charge in [0.05, 0.1) is 23.9 Å². The van der Waals surface area contributed by atoms with Crippen LogP contribution < -0.4 is 0 Å². The Morgan fingerprint density at radius 1 is 1.07 bits per heavy atom. The summed E-state index contributed by atoms with van der Waals surface area (Å²) < 4.78 is 31.9. The molecular formula is C19H23N3O4S2. The average molecular weight is 422 g/mol. The molecular weight excluding hydrogens is 398 g/mol. The van der Waals surface area contributed by atoms with Crippen molar-refractivity contribution in [3.8, 4) is 0 Å². The lowest BCUT2D eigenvalue weighted by atomic mass is 10.1. The van der Waals surface area contributed by atoms with Gasteiger partial charge in [0.1, 0.15) is 0 Å². The van der Waals surface area contributed by atoms with Gasteiger partial charge in [0.15, 0.2) is 10.9 Å². The molecule has 150 valence electrons. The summed E-state index contributed by atoms with van der Waals surface area (Å²) >= 11 is 1.28. The number of rotatable bonds is 6. The van der Waals surface area contributed by atoms with Crippen LogP contribution >= 0.6 is 11.8 Å². The fourth-order valence-electron chi connectivity index (χ4n) is 2.77. The molecule has 0 spiro atoms. The number of aromatic nitrogens is 2. The number of benzene rings is 1. The monoisotopic (exact) mass is 421 g/mol. The molecule has 0 atom stereocenters. The van der Waals surface area contributed by atoms with E-state index in [9.17, 15) is 13.2 Å². The predicted molar refractivity (Wildman–Crippen MR) is 107 cm³/mol. The molecule has 7 nitrogen and oxygen atoms in total. The van der Waals surface area contributed by atoms with Crippen molar-refractivity contribution in [1.82, 2.24) is 14.3 Å². The molecule has 0 unspecified atom stereocenters. The van der Waals surface area contributed by atoms with Crippen molar-refractivity contribution >= 4 is 27.6 Å². The van der Waals surface area contributed by atoms with Gasteiger partial charge in [-0.2, -0.15) is 4.31 Å². The van der Waals surface area contributed by atoms with Crippen molar-refractivity contribution in [3.05, 3.63) is 46.8 Å². The minimum absolute atomic E-state index is 0.0974. The molecule has 1 saturated heterocycles. The molecule has 2 heterocycles. The molecule has 28 heavy (non-hydrogen) atoms. The Morgan fingerprint density at radius 3 is 2.21 bits per heavy atom. The second-order valence-electron chi connectivity index (χ2n) is 6.55. The summed E-state index contributed by atoms with van der Waals surface area (Å²) in [6.07, 6.45) is 0. The molecule has 1 fully saturated rings. The average Bonchev–Trinajstić information content (AvgIpc) is 2.70. The van der Waals surface area contributed by atoms with Crippen LogP contribution in [-0.2, 0) is 14.8 Å². The third-order valence-corrected chi connectivity index (χ3v) is 7.49. The molecule has 9 heteroatoms. The van der Waals surface area contributed by atoms with Crippen LogP contribution in [0.2, 0.25) is 0 Å². The zero-order valence-corrected chi connectivity index (χ0v) is 17.8. The van der Waals surface area contributed by atoms with Crippen LogP contribution in [0, 0.1) is 20.8 Å². The van der Waals surface area contributed by atoms with Gasteiger partial charge in [-0.3, -0.25) is 4.79 Å². The summed E-state index contributed by atoms with van der Waals surface area (Å²) in [5.74, 6) is 0.0946. The molecule has 1 aliphatic rings. The van der Waals surface area contributed by atoms with E-state index in [0.717, 1.165) is 17.0 Å². The minimum Gasteiger partial charge on any atom is -0.379 e. The summed E-state index contributed by atoms with van der Waals surface area (Å²) in [6.45, 7) is 7.29. The van der Waals surface area contributed by atoms with Gasteiger partial charge in [0.2, 0.25) is 10.0 Å². The van der Waals surface area contributed by atoms with Gasteiger partial charge in [-0.05, 0) is 38.5 Å². The first-order chi connectivity index (χ1) is 13.3. The van der Waals surface area contributed by atoms with E-state index in [1.54, 1.807) is 12.1 Å². The second-order valence-corrected chi connectivity index (χ2v) is 9.44. The molecule has 3 rings (SSSR count). The van der Waals surface area contributed by atoms with Crippen LogP contribution in [0.1, 0.15) is 27.3 Å². The summed E-state index contributed by atoms with van der Waals surface area (Å²) in [5, 5.41) is 0.570. The van der Waals surface area contributed by atoms with Crippen LogP contribution in [0.4, 0.5) is 0 Å². The van der Waals surface area contributed by atoms with E-state index in [2.05, 4.69) is 9.97 Å². The number of hydrogen-bond acceptors (Lipinski definition) is 7. The summed E-state index contributed by atoms with van der Waals surface area (Å²) in [4.78, 5) is 21.5. The van der Waals surface area contributed by atoms with E-state index >= 15 is 0 Å². The molecule has 2 aromatic rings. The van der Waals surface area contributed by atoms with E-state index in [1.807, 2.05) is 20.8 Å². The third kappa shape index (κ3) is 4.60. The fraction of sp³-hybridized carbons (Fsp3) is 0.421. The molecule has 0 N–H and O–H groups in total. The Kier molecular flexibility index (Phi) is 6.49. The number of carbonyl (C=O) groups excluding carboxylic acids is 1. The molecule has 0 radical (unpaired) electrons. The second kappa shape index (κ2) is 8.69. The van der Waals surface area contributed by atoms with Crippen LogP contribution in [-0.4, -0.2) is 60.5 Å². The first-order valence-corrected chi connectivity index (χ1v) is 11.4. The van der Waals surface area contributed by atoms with Crippen molar-refractivity contribution in [2.45, 2.75) is 30.8 Å². The zero-order valence-electron chi connectivity index (χ0n) is 16.1. The third-order valence-electron chi connectivity index (χ3n) is 4.73. The Balaban J connectivity index is 1.67. The highest BCUT2D eigenvalue weighted by molar-refractivity contribution is 7.99. The smallest absolute Gasteiger partial charge is 0.243 e. The standard InChI is InChI=1S/C19H23N3O4S2/c1-13-14(2)20-19(21-15(13)3)27-12-18(23)16-4-6-17(7-5-16)28(24,25)22-8-10-26-11-9-22/h4-7H,8-12H2,1-3H3. The Bertz CT molecular complexity index is 946. The number of Topliss-reactive ketones (excluding diaryl/α,β-unsaturated/α-hetero) is 1. The number of thioether (sulfide) groups is 1. The van der Waals surface area contributed by atoms with Crippen LogP contribution in [0.25, 0.3) is 0 Å². The van der Waals surface area contributed by atoms with Crippen molar-refractivity contribution in [1.29, 1.82) is 0 Å². The fourth-order valence-corrected chi connectivity index (χ4v) is 5.01. The highest BCUT2D eigenvalue weighted by Crippen LogP contribution is 2.21. The van der Waals surface area contributed by atoms with E-state index < -0.39 is 10.0 Å². The number of morpholine rings is 1. The lowest BCUT2D eigenvalue weighted by molar-refractivity contribution is 0.0730. The van der Waals surface area contributed by atoms with Crippen LogP contribution in [0.3, 0.4) is 0 Å². The van der Waals surface area contributed by atoms with Crippen molar-refractivity contribution in [2.75, 3.05) is 32.1 Å². The maximum atomic E-state index is 12.6. The van der Waals surface area contributed by atoms with E-state index in [4.69, 9.17) is 4.74 Å². The number of aryl methyl sites for hydroxylation is 2. The van der Waals surface area contributed by atoms with Crippen molar-refractivity contribution < 1.29 is 17.9 Å². The van der Waals surface area contributed by atoms with E-state index in [0.29, 0.717) is 37.0 Å². The van der Waals surface area contributed by atoms with Gasteiger partial charge in [-0.15, -0.1) is 0 Å². The van der Waals surface area contributed by atoms with E-state index in [-0.39, 0.29) is 16.4 Å². The van der Waals surface area contributed by atoms with Crippen molar-refractivity contribution in [2.24, 2.45) is 0 Å². The van der Waals surface area contributed by atoms with Crippen LogP contribution in [0.15, 0.2) is 34.3 Å². The molecule has 1 aromatic heterocycles. The summed E-state index contributed by atoms with van der Waals surface area (Å²) in [6, 6.07) is 6.09. The number of ether oxygens (including phenoxy) is 1. The van der Waals surface area contributed by atoms with Gasteiger partial charge in [-0.1, -0.05) is 23.9 Å². The maximum absolute atomic E-state index is 12.6. The Morgan fingerprint density at radius 2 is 1.64 bits per heavy atom. The molecule has 1 aliphatic heterocycles. The minimum atomic E-state index is -3.56. The van der Waals surface area contributed by atoms with E-state index in [1.165, 1.54) is 28.2 Å².